The maximum atomic E-state index is 11.1. The van der Waals surface area contributed by atoms with Crippen LogP contribution in [0.1, 0.15) is 40.5 Å². The van der Waals surface area contributed by atoms with Crippen LogP contribution in [0.4, 0.5) is 4.79 Å². The van der Waals surface area contributed by atoms with Crippen LogP contribution in [0.15, 0.2) is 0 Å². The summed E-state index contributed by atoms with van der Waals surface area (Å²) in [5, 5.41) is 2.68. The first-order chi connectivity index (χ1) is 6.31. The molecule has 0 aromatic rings. The fraction of sp³-hybridized carbons (Fsp3) is 0.900. The topological polar surface area (TPSA) is 64.3 Å². The van der Waals surface area contributed by atoms with Crippen LogP contribution in [0.2, 0.25) is 0 Å². The summed E-state index contributed by atoms with van der Waals surface area (Å²) in [6.45, 7) is 8.10. The molecule has 1 amide bonds. The summed E-state index contributed by atoms with van der Waals surface area (Å²) in [6, 6.07) is 0.190. The Morgan fingerprint density at radius 3 is 2.50 bits per heavy atom. The summed E-state index contributed by atoms with van der Waals surface area (Å²) in [5.74, 6) is 0. The number of hydrogen-bond donors (Lipinski definition) is 2. The molecule has 0 aromatic heterocycles. The molecule has 0 radical (unpaired) electrons. The number of nitrogens with two attached hydrogens (primary N) is 1. The molecular formula is C10H22N2O2. The molecule has 0 fully saturated rings. The van der Waals surface area contributed by atoms with E-state index < -0.39 is 5.60 Å². The molecule has 3 N–H and O–H groups in total. The van der Waals surface area contributed by atoms with E-state index in [0.29, 0.717) is 6.54 Å². The van der Waals surface area contributed by atoms with Gasteiger partial charge >= 0.3 is 6.09 Å². The van der Waals surface area contributed by atoms with Crippen LogP contribution >= 0.6 is 0 Å². The van der Waals surface area contributed by atoms with Crippen molar-refractivity contribution in [1.29, 1.82) is 0 Å². The van der Waals surface area contributed by atoms with Crippen molar-refractivity contribution in [3.8, 4) is 0 Å². The Morgan fingerprint density at radius 1 is 1.50 bits per heavy atom. The highest BCUT2D eigenvalue weighted by atomic mass is 16.6. The number of hydrogen-bond acceptors (Lipinski definition) is 3. The average Bonchev–Trinajstić information content (AvgIpc) is 1.94. The minimum atomic E-state index is -0.425. The van der Waals surface area contributed by atoms with Crippen molar-refractivity contribution in [2.45, 2.75) is 52.2 Å². The van der Waals surface area contributed by atoms with E-state index >= 15 is 0 Å². The lowest BCUT2D eigenvalue weighted by Gasteiger charge is -2.19. The number of nitrogens with one attached hydrogen (secondary N) is 1. The van der Waals surface area contributed by atoms with Crippen molar-refractivity contribution in [3.05, 3.63) is 0 Å². The molecule has 4 heteroatoms. The fourth-order valence-corrected chi connectivity index (χ4v) is 0.929. The highest BCUT2D eigenvalue weighted by Crippen LogP contribution is 2.06. The van der Waals surface area contributed by atoms with Gasteiger partial charge < -0.3 is 15.8 Å². The lowest BCUT2D eigenvalue weighted by atomic mass is 10.2. The second-order valence-electron chi connectivity index (χ2n) is 4.55. The molecule has 0 rings (SSSR count). The normalized spacial score (nSPS) is 13.5. The third kappa shape index (κ3) is 9.32. The summed E-state index contributed by atoms with van der Waals surface area (Å²) in [7, 11) is 0. The predicted octanol–water partition coefficient (Wildman–Crippen LogP) is 1.64. The zero-order valence-electron chi connectivity index (χ0n) is 9.59. The van der Waals surface area contributed by atoms with E-state index in [2.05, 4.69) is 5.32 Å². The molecule has 14 heavy (non-hydrogen) atoms. The van der Waals surface area contributed by atoms with Gasteiger partial charge in [-0.15, -0.1) is 0 Å². The van der Waals surface area contributed by atoms with Gasteiger partial charge in [0.25, 0.3) is 0 Å². The Kier molecular flexibility index (Phi) is 5.53. The Labute approximate surface area is 86.2 Å². The third-order valence-corrected chi connectivity index (χ3v) is 1.50. The van der Waals surface area contributed by atoms with Gasteiger partial charge in [-0.2, -0.15) is 0 Å². The van der Waals surface area contributed by atoms with Gasteiger partial charge in [-0.25, -0.2) is 4.79 Å². The van der Waals surface area contributed by atoms with Crippen LogP contribution in [0, 0.1) is 0 Å². The first kappa shape index (κ1) is 13.2. The molecule has 0 spiro atoms. The summed E-state index contributed by atoms with van der Waals surface area (Å²) < 4.78 is 5.06. The number of rotatable bonds is 4. The number of ether oxygens (including phenoxy) is 1. The molecule has 1 atom stereocenters. The summed E-state index contributed by atoms with van der Waals surface area (Å²) in [5.41, 5.74) is 5.14. The minimum absolute atomic E-state index is 0.190. The van der Waals surface area contributed by atoms with Crippen molar-refractivity contribution in [2.24, 2.45) is 5.73 Å². The highest BCUT2D eigenvalue weighted by Gasteiger charge is 2.15. The molecule has 0 unspecified atom stereocenters. The van der Waals surface area contributed by atoms with E-state index in [0.717, 1.165) is 12.8 Å². The third-order valence-electron chi connectivity index (χ3n) is 1.50. The van der Waals surface area contributed by atoms with Gasteiger partial charge in [-0.1, -0.05) is 0 Å². The highest BCUT2D eigenvalue weighted by molar-refractivity contribution is 5.67. The molecule has 0 aliphatic rings. The number of amides is 1. The van der Waals surface area contributed by atoms with Crippen molar-refractivity contribution >= 4 is 6.09 Å². The molecule has 0 bridgehead atoms. The molecule has 0 heterocycles. The average molecular weight is 202 g/mol. The van der Waals surface area contributed by atoms with Gasteiger partial charge in [0, 0.05) is 12.6 Å². The fourth-order valence-electron chi connectivity index (χ4n) is 0.929. The Morgan fingerprint density at radius 2 is 2.07 bits per heavy atom. The van der Waals surface area contributed by atoms with Gasteiger partial charge in [0.2, 0.25) is 0 Å². The molecular weight excluding hydrogens is 180 g/mol. The monoisotopic (exact) mass is 202 g/mol. The molecule has 0 aliphatic heterocycles. The minimum Gasteiger partial charge on any atom is -0.444 e. The molecule has 0 saturated heterocycles. The molecule has 84 valence electrons. The zero-order chi connectivity index (χ0) is 11.2. The van der Waals surface area contributed by atoms with Gasteiger partial charge in [-0.05, 0) is 40.5 Å². The van der Waals surface area contributed by atoms with E-state index in [1.165, 1.54) is 0 Å². The molecule has 0 aliphatic carbocycles. The van der Waals surface area contributed by atoms with Crippen molar-refractivity contribution in [3.63, 3.8) is 0 Å². The standard InChI is InChI=1S/C10H22N2O2/c1-8(11)6-5-7-12-9(13)14-10(2,3)4/h8H,5-7,11H2,1-4H3,(H,12,13)/t8-/m0/s1. The van der Waals surface area contributed by atoms with Crippen LogP contribution < -0.4 is 11.1 Å². The smallest absolute Gasteiger partial charge is 0.407 e. The molecule has 0 aromatic carbocycles. The van der Waals surface area contributed by atoms with Crippen molar-refractivity contribution < 1.29 is 9.53 Å². The van der Waals surface area contributed by atoms with Gasteiger partial charge in [-0.3, -0.25) is 0 Å². The SMILES string of the molecule is C[C@H](N)CCCNC(=O)OC(C)(C)C. The summed E-state index contributed by atoms with van der Waals surface area (Å²) in [4.78, 5) is 11.1. The van der Waals surface area contributed by atoms with Crippen molar-refractivity contribution in [1.82, 2.24) is 5.32 Å². The first-order valence-electron chi connectivity index (χ1n) is 5.03. The van der Waals surface area contributed by atoms with Crippen LogP contribution in [-0.4, -0.2) is 24.3 Å². The Balaban J connectivity index is 3.46. The lowest BCUT2D eigenvalue weighted by Crippen LogP contribution is -2.33. The second-order valence-corrected chi connectivity index (χ2v) is 4.55. The number of carbonyl (C=O) groups excluding carboxylic acids is 1. The van der Waals surface area contributed by atoms with Crippen molar-refractivity contribution in [2.75, 3.05) is 6.54 Å². The van der Waals surface area contributed by atoms with E-state index in [4.69, 9.17) is 10.5 Å². The van der Waals surface area contributed by atoms with Crippen LogP contribution in [0.3, 0.4) is 0 Å². The van der Waals surface area contributed by atoms with Crippen LogP contribution in [-0.2, 0) is 4.74 Å². The summed E-state index contributed by atoms with van der Waals surface area (Å²) >= 11 is 0. The van der Waals surface area contributed by atoms with Gasteiger partial charge in [0.15, 0.2) is 0 Å². The lowest BCUT2D eigenvalue weighted by molar-refractivity contribution is 0.0527. The number of alkyl carbamates (subject to hydrolysis) is 1. The Hall–Kier alpha value is -0.770. The number of carbonyl (C=O) groups is 1. The second kappa shape index (κ2) is 5.86. The van der Waals surface area contributed by atoms with E-state index in [9.17, 15) is 4.79 Å². The Bertz CT molecular complexity index is 173. The largest absolute Gasteiger partial charge is 0.444 e. The zero-order valence-corrected chi connectivity index (χ0v) is 9.59. The molecule has 0 saturated carbocycles. The quantitative estimate of drug-likeness (QED) is 0.681. The first-order valence-corrected chi connectivity index (χ1v) is 5.03. The van der Waals surface area contributed by atoms with Gasteiger partial charge in [0.1, 0.15) is 5.60 Å². The molecule has 4 nitrogen and oxygen atoms in total. The van der Waals surface area contributed by atoms with E-state index in [1.807, 2.05) is 27.7 Å². The maximum absolute atomic E-state index is 11.1. The van der Waals surface area contributed by atoms with E-state index in [-0.39, 0.29) is 12.1 Å². The maximum Gasteiger partial charge on any atom is 0.407 e. The van der Waals surface area contributed by atoms with Crippen LogP contribution in [0.25, 0.3) is 0 Å². The predicted molar refractivity (Wildman–Crippen MR) is 57.1 cm³/mol. The summed E-state index contributed by atoms with van der Waals surface area (Å²) in [6.07, 6.45) is 1.44. The van der Waals surface area contributed by atoms with Gasteiger partial charge in [0.05, 0.1) is 0 Å². The van der Waals surface area contributed by atoms with Crippen LogP contribution in [0.5, 0.6) is 0 Å². The van der Waals surface area contributed by atoms with E-state index in [1.54, 1.807) is 0 Å².